The number of carbonyl (C=O) groups excluding carboxylic acids is 1. The summed E-state index contributed by atoms with van der Waals surface area (Å²) in [6, 6.07) is 28.4. The van der Waals surface area contributed by atoms with Crippen LogP contribution in [0.25, 0.3) is 0 Å². The summed E-state index contributed by atoms with van der Waals surface area (Å²) in [7, 11) is 3.50. The number of benzene rings is 3. The number of rotatable bonds is 9. The summed E-state index contributed by atoms with van der Waals surface area (Å²) < 4.78 is 5.28. The Morgan fingerprint density at radius 3 is 1.86 bits per heavy atom. The van der Waals surface area contributed by atoms with E-state index in [0.29, 0.717) is 13.1 Å². The SMILES string of the molecule is COc1cccc(CN(C)C(=O)CN(Cc2ccccc2)Cc2ccccc2)c1. The zero-order valence-electron chi connectivity index (χ0n) is 17.1. The average Bonchev–Trinajstić information content (AvgIpc) is 2.75. The molecule has 29 heavy (non-hydrogen) atoms. The number of hydrogen-bond acceptors (Lipinski definition) is 3. The van der Waals surface area contributed by atoms with Gasteiger partial charge < -0.3 is 9.64 Å². The van der Waals surface area contributed by atoms with Crippen molar-refractivity contribution in [3.05, 3.63) is 102 Å². The molecule has 4 nitrogen and oxygen atoms in total. The van der Waals surface area contributed by atoms with Crippen LogP contribution >= 0.6 is 0 Å². The van der Waals surface area contributed by atoms with Gasteiger partial charge in [-0.2, -0.15) is 0 Å². The predicted molar refractivity (Wildman–Crippen MR) is 116 cm³/mol. The van der Waals surface area contributed by atoms with E-state index in [1.165, 1.54) is 11.1 Å². The predicted octanol–water partition coefficient (Wildman–Crippen LogP) is 4.36. The molecule has 0 saturated heterocycles. The minimum Gasteiger partial charge on any atom is -0.497 e. The standard InChI is InChI=1S/C25H28N2O2/c1-26(17-23-14-9-15-24(16-23)29-2)25(28)20-27(18-21-10-5-3-6-11-21)19-22-12-7-4-8-13-22/h3-16H,17-20H2,1-2H3. The Morgan fingerprint density at radius 1 is 0.759 bits per heavy atom. The molecule has 0 aliphatic rings. The molecule has 0 aliphatic carbocycles. The van der Waals surface area contributed by atoms with Crippen LogP contribution in [-0.4, -0.2) is 36.4 Å². The number of methoxy groups -OCH3 is 1. The maximum Gasteiger partial charge on any atom is 0.236 e. The molecule has 0 saturated carbocycles. The van der Waals surface area contributed by atoms with Gasteiger partial charge in [0.25, 0.3) is 0 Å². The van der Waals surface area contributed by atoms with Gasteiger partial charge in [0.05, 0.1) is 13.7 Å². The second-order valence-corrected chi connectivity index (χ2v) is 7.22. The summed E-state index contributed by atoms with van der Waals surface area (Å²) in [6.45, 7) is 2.38. The van der Waals surface area contributed by atoms with Gasteiger partial charge in [-0.1, -0.05) is 72.8 Å². The number of amides is 1. The lowest BCUT2D eigenvalue weighted by Crippen LogP contribution is -2.37. The first-order valence-electron chi connectivity index (χ1n) is 9.81. The van der Waals surface area contributed by atoms with Crippen LogP contribution in [0.1, 0.15) is 16.7 Å². The molecule has 150 valence electrons. The van der Waals surface area contributed by atoms with Crippen LogP contribution in [0.3, 0.4) is 0 Å². The molecule has 3 rings (SSSR count). The monoisotopic (exact) mass is 388 g/mol. The molecule has 4 heteroatoms. The zero-order chi connectivity index (χ0) is 20.5. The van der Waals surface area contributed by atoms with E-state index in [0.717, 1.165) is 24.4 Å². The molecule has 1 amide bonds. The van der Waals surface area contributed by atoms with Crippen LogP contribution in [-0.2, 0) is 24.4 Å². The van der Waals surface area contributed by atoms with Crippen molar-refractivity contribution in [3.63, 3.8) is 0 Å². The third kappa shape index (κ3) is 6.47. The van der Waals surface area contributed by atoms with E-state index in [1.807, 2.05) is 67.7 Å². The quantitative estimate of drug-likeness (QED) is 0.546. The van der Waals surface area contributed by atoms with Crippen molar-refractivity contribution in [3.8, 4) is 5.75 Å². The molecular weight excluding hydrogens is 360 g/mol. The summed E-state index contributed by atoms with van der Waals surface area (Å²) in [5.41, 5.74) is 3.45. The Labute approximate surface area is 173 Å². The summed E-state index contributed by atoms with van der Waals surface area (Å²) in [6.07, 6.45) is 0. The maximum atomic E-state index is 12.9. The van der Waals surface area contributed by atoms with Gasteiger partial charge in [-0.25, -0.2) is 0 Å². The Hall–Kier alpha value is -3.11. The summed E-state index contributed by atoms with van der Waals surface area (Å²) in [5, 5.41) is 0. The van der Waals surface area contributed by atoms with E-state index in [9.17, 15) is 4.79 Å². The molecule has 0 aromatic heterocycles. The fourth-order valence-electron chi connectivity index (χ4n) is 3.30. The van der Waals surface area contributed by atoms with Gasteiger partial charge in [-0.15, -0.1) is 0 Å². The van der Waals surface area contributed by atoms with Crippen molar-refractivity contribution in [1.29, 1.82) is 0 Å². The second kappa shape index (κ2) is 10.4. The van der Waals surface area contributed by atoms with Crippen LogP contribution in [0, 0.1) is 0 Å². The van der Waals surface area contributed by atoms with Crippen molar-refractivity contribution in [2.45, 2.75) is 19.6 Å². The molecule has 0 heterocycles. The molecule has 0 N–H and O–H groups in total. The maximum absolute atomic E-state index is 12.9. The van der Waals surface area contributed by atoms with Crippen LogP contribution < -0.4 is 4.74 Å². The van der Waals surface area contributed by atoms with E-state index in [4.69, 9.17) is 4.74 Å². The molecular formula is C25H28N2O2. The van der Waals surface area contributed by atoms with Crippen LogP contribution in [0.5, 0.6) is 5.75 Å². The molecule has 0 fully saturated rings. The highest BCUT2D eigenvalue weighted by Crippen LogP contribution is 2.15. The first-order valence-corrected chi connectivity index (χ1v) is 9.81. The lowest BCUT2D eigenvalue weighted by Gasteiger charge is -2.25. The van der Waals surface area contributed by atoms with Crippen LogP contribution in [0.4, 0.5) is 0 Å². The van der Waals surface area contributed by atoms with Crippen molar-refractivity contribution in [1.82, 2.24) is 9.80 Å². The van der Waals surface area contributed by atoms with Crippen LogP contribution in [0.15, 0.2) is 84.9 Å². The Balaban J connectivity index is 1.67. The number of likely N-dealkylation sites (N-methyl/N-ethyl adjacent to an activating group) is 1. The van der Waals surface area contributed by atoms with Gasteiger partial charge in [0.15, 0.2) is 0 Å². The fourth-order valence-corrected chi connectivity index (χ4v) is 3.30. The van der Waals surface area contributed by atoms with E-state index in [2.05, 4.69) is 29.2 Å². The van der Waals surface area contributed by atoms with Gasteiger partial charge in [0.2, 0.25) is 5.91 Å². The molecule has 3 aromatic rings. The van der Waals surface area contributed by atoms with Crippen molar-refractivity contribution < 1.29 is 9.53 Å². The number of carbonyl (C=O) groups is 1. The third-order valence-corrected chi connectivity index (χ3v) is 4.84. The zero-order valence-corrected chi connectivity index (χ0v) is 17.1. The first-order chi connectivity index (χ1) is 14.1. The Morgan fingerprint density at radius 2 is 1.31 bits per heavy atom. The fraction of sp³-hybridized carbons (Fsp3) is 0.240. The lowest BCUT2D eigenvalue weighted by molar-refractivity contribution is -0.131. The Kier molecular flexibility index (Phi) is 7.42. The molecule has 0 aliphatic heterocycles. The molecule has 3 aromatic carbocycles. The van der Waals surface area contributed by atoms with E-state index >= 15 is 0 Å². The van der Waals surface area contributed by atoms with Gasteiger partial charge in [-0.05, 0) is 28.8 Å². The van der Waals surface area contributed by atoms with Gasteiger partial charge in [-0.3, -0.25) is 9.69 Å². The van der Waals surface area contributed by atoms with Crippen molar-refractivity contribution in [2.24, 2.45) is 0 Å². The Bertz CT molecular complexity index is 855. The molecule has 0 atom stereocenters. The molecule has 0 spiro atoms. The van der Waals surface area contributed by atoms with Crippen molar-refractivity contribution in [2.75, 3.05) is 20.7 Å². The minimum absolute atomic E-state index is 0.0969. The topological polar surface area (TPSA) is 32.8 Å². The van der Waals surface area contributed by atoms with E-state index < -0.39 is 0 Å². The average molecular weight is 389 g/mol. The number of hydrogen-bond donors (Lipinski definition) is 0. The van der Waals surface area contributed by atoms with E-state index in [1.54, 1.807) is 12.0 Å². The highest BCUT2D eigenvalue weighted by molar-refractivity contribution is 5.78. The largest absolute Gasteiger partial charge is 0.497 e. The first kappa shape index (κ1) is 20.6. The van der Waals surface area contributed by atoms with Crippen molar-refractivity contribution >= 4 is 5.91 Å². The molecule has 0 bridgehead atoms. The highest BCUT2D eigenvalue weighted by atomic mass is 16.5. The molecule has 0 radical (unpaired) electrons. The normalized spacial score (nSPS) is 10.7. The number of nitrogens with zero attached hydrogens (tertiary/aromatic N) is 2. The number of ether oxygens (including phenoxy) is 1. The minimum atomic E-state index is 0.0969. The smallest absolute Gasteiger partial charge is 0.236 e. The second-order valence-electron chi connectivity index (χ2n) is 7.22. The van der Waals surface area contributed by atoms with Gasteiger partial charge >= 0.3 is 0 Å². The summed E-state index contributed by atoms with van der Waals surface area (Å²) in [4.78, 5) is 16.9. The van der Waals surface area contributed by atoms with Gasteiger partial charge in [0.1, 0.15) is 5.75 Å². The lowest BCUT2D eigenvalue weighted by atomic mass is 10.1. The summed E-state index contributed by atoms with van der Waals surface area (Å²) >= 11 is 0. The highest BCUT2D eigenvalue weighted by Gasteiger charge is 2.16. The molecule has 0 unspecified atom stereocenters. The van der Waals surface area contributed by atoms with Gasteiger partial charge in [0, 0.05) is 26.7 Å². The van der Waals surface area contributed by atoms with Crippen LogP contribution in [0.2, 0.25) is 0 Å². The third-order valence-electron chi connectivity index (χ3n) is 4.84. The van der Waals surface area contributed by atoms with E-state index in [-0.39, 0.29) is 5.91 Å². The summed E-state index contributed by atoms with van der Waals surface area (Å²) in [5.74, 6) is 0.901.